The van der Waals surface area contributed by atoms with Gasteiger partial charge in [0.05, 0.1) is 21.3 Å². The number of fused-ring (bicyclic) bond motifs is 1. The third-order valence-electron chi connectivity index (χ3n) is 3.60. The Kier molecular flexibility index (Phi) is 4.97. The van der Waals surface area contributed by atoms with E-state index in [1.807, 2.05) is 0 Å². The molecule has 134 valence electrons. The number of halogens is 2. The maximum absolute atomic E-state index is 12.3. The van der Waals surface area contributed by atoms with Gasteiger partial charge in [0.2, 0.25) is 5.91 Å². The standard InChI is InChI=1S/C16H11Cl2N3O5/c17-9-1-4-14-13(5-9)20(16(23)8-26-14)7-15(22)19-12-6-10(21(24)25)2-3-11(12)18/h1-6H,7-8H2,(H,19,22). The molecule has 1 heterocycles. The van der Waals surface area contributed by atoms with Crippen LogP contribution in [0.5, 0.6) is 5.75 Å². The molecular weight excluding hydrogens is 385 g/mol. The van der Waals surface area contributed by atoms with Crippen molar-refractivity contribution in [2.24, 2.45) is 0 Å². The van der Waals surface area contributed by atoms with Crippen molar-refractivity contribution in [3.05, 3.63) is 56.6 Å². The normalized spacial score (nSPS) is 13.0. The first-order valence-electron chi connectivity index (χ1n) is 7.31. The lowest BCUT2D eigenvalue weighted by molar-refractivity contribution is -0.384. The lowest BCUT2D eigenvalue weighted by atomic mass is 10.2. The van der Waals surface area contributed by atoms with Crippen molar-refractivity contribution in [3.8, 4) is 5.75 Å². The fourth-order valence-corrected chi connectivity index (χ4v) is 2.74. The van der Waals surface area contributed by atoms with E-state index in [2.05, 4.69) is 5.32 Å². The number of ether oxygens (including phenoxy) is 1. The number of carbonyl (C=O) groups excluding carboxylic acids is 2. The molecule has 0 atom stereocenters. The highest BCUT2D eigenvalue weighted by molar-refractivity contribution is 6.34. The zero-order valence-electron chi connectivity index (χ0n) is 13.1. The van der Waals surface area contributed by atoms with E-state index in [9.17, 15) is 19.7 Å². The van der Waals surface area contributed by atoms with Crippen molar-refractivity contribution < 1.29 is 19.2 Å². The minimum absolute atomic E-state index is 0.0814. The molecule has 0 spiro atoms. The zero-order chi connectivity index (χ0) is 18.8. The molecular formula is C16H11Cl2N3O5. The number of rotatable bonds is 4. The number of amides is 2. The van der Waals surface area contributed by atoms with Crippen molar-refractivity contribution in [3.63, 3.8) is 0 Å². The molecule has 2 aromatic carbocycles. The van der Waals surface area contributed by atoms with Crippen LogP contribution in [0.25, 0.3) is 0 Å². The molecule has 0 bridgehead atoms. The third kappa shape index (κ3) is 3.71. The monoisotopic (exact) mass is 395 g/mol. The highest BCUT2D eigenvalue weighted by Crippen LogP contribution is 2.34. The van der Waals surface area contributed by atoms with E-state index in [-0.39, 0.29) is 29.5 Å². The summed E-state index contributed by atoms with van der Waals surface area (Å²) in [7, 11) is 0. The summed E-state index contributed by atoms with van der Waals surface area (Å²) < 4.78 is 5.30. The Labute approximate surface area is 157 Å². The van der Waals surface area contributed by atoms with Gasteiger partial charge < -0.3 is 10.1 Å². The molecule has 3 rings (SSSR count). The molecule has 1 aliphatic heterocycles. The second-order valence-electron chi connectivity index (χ2n) is 5.35. The van der Waals surface area contributed by atoms with Crippen molar-refractivity contribution in [1.82, 2.24) is 0 Å². The molecule has 2 aromatic rings. The number of anilines is 2. The average Bonchev–Trinajstić information content (AvgIpc) is 2.59. The first-order chi connectivity index (χ1) is 12.3. The van der Waals surface area contributed by atoms with Crippen LogP contribution >= 0.6 is 23.2 Å². The van der Waals surface area contributed by atoms with E-state index < -0.39 is 16.7 Å². The van der Waals surface area contributed by atoms with Crippen LogP contribution in [-0.2, 0) is 9.59 Å². The summed E-state index contributed by atoms with van der Waals surface area (Å²) in [6.07, 6.45) is 0. The maximum atomic E-state index is 12.3. The van der Waals surface area contributed by atoms with Crippen LogP contribution in [0.2, 0.25) is 10.0 Å². The summed E-state index contributed by atoms with van der Waals surface area (Å²) >= 11 is 11.9. The van der Waals surface area contributed by atoms with Gasteiger partial charge in [0.25, 0.3) is 11.6 Å². The smallest absolute Gasteiger partial charge is 0.271 e. The van der Waals surface area contributed by atoms with Gasteiger partial charge in [0.1, 0.15) is 12.3 Å². The Morgan fingerprint density at radius 2 is 2.04 bits per heavy atom. The van der Waals surface area contributed by atoms with Crippen LogP contribution in [-0.4, -0.2) is 29.9 Å². The number of hydrogen-bond acceptors (Lipinski definition) is 5. The lowest BCUT2D eigenvalue weighted by Gasteiger charge is -2.29. The van der Waals surface area contributed by atoms with Gasteiger partial charge in [-0.2, -0.15) is 0 Å². The Morgan fingerprint density at radius 1 is 1.27 bits per heavy atom. The average molecular weight is 396 g/mol. The number of nitro groups is 1. The fourth-order valence-electron chi connectivity index (χ4n) is 2.40. The Balaban J connectivity index is 1.81. The number of nitro benzene ring substituents is 1. The predicted octanol–water partition coefficient (Wildman–Crippen LogP) is 3.27. The second-order valence-corrected chi connectivity index (χ2v) is 6.19. The van der Waals surface area contributed by atoms with Crippen LogP contribution in [0.4, 0.5) is 17.1 Å². The van der Waals surface area contributed by atoms with Gasteiger partial charge in [-0.3, -0.25) is 24.6 Å². The third-order valence-corrected chi connectivity index (χ3v) is 4.17. The summed E-state index contributed by atoms with van der Waals surface area (Å²) in [4.78, 5) is 36.0. The van der Waals surface area contributed by atoms with Crippen molar-refractivity contribution in [2.45, 2.75) is 0 Å². The number of benzene rings is 2. The van der Waals surface area contributed by atoms with Crippen molar-refractivity contribution >= 4 is 52.1 Å². The lowest BCUT2D eigenvalue weighted by Crippen LogP contribution is -2.43. The molecule has 0 aliphatic carbocycles. The van der Waals surface area contributed by atoms with Gasteiger partial charge in [-0.25, -0.2) is 0 Å². The SMILES string of the molecule is O=C(CN1C(=O)COc2ccc(Cl)cc21)Nc1cc([N+](=O)[O-])ccc1Cl. The minimum Gasteiger partial charge on any atom is -0.482 e. The summed E-state index contributed by atoms with van der Waals surface area (Å²) in [6, 6.07) is 8.41. The second kappa shape index (κ2) is 7.19. The number of nitrogens with zero attached hydrogens (tertiary/aromatic N) is 2. The quantitative estimate of drug-likeness (QED) is 0.632. The van der Waals surface area contributed by atoms with E-state index in [0.717, 1.165) is 6.07 Å². The minimum atomic E-state index is -0.601. The fraction of sp³-hybridized carbons (Fsp3) is 0.125. The first-order valence-corrected chi connectivity index (χ1v) is 8.07. The van der Waals surface area contributed by atoms with Crippen molar-refractivity contribution in [1.29, 1.82) is 0 Å². The van der Waals surface area contributed by atoms with Gasteiger partial charge in [-0.05, 0) is 24.3 Å². The van der Waals surface area contributed by atoms with E-state index in [4.69, 9.17) is 27.9 Å². The van der Waals surface area contributed by atoms with E-state index in [1.165, 1.54) is 23.1 Å². The van der Waals surface area contributed by atoms with Gasteiger partial charge in [-0.15, -0.1) is 0 Å². The number of non-ortho nitro benzene ring substituents is 1. The van der Waals surface area contributed by atoms with Crippen LogP contribution < -0.4 is 15.0 Å². The van der Waals surface area contributed by atoms with Crippen LogP contribution in [0.1, 0.15) is 0 Å². The molecule has 2 amide bonds. The summed E-state index contributed by atoms with van der Waals surface area (Å²) in [5.74, 6) is -0.566. The summed E-state index contributed by atoms with van der Waals surface area (Å²) in [5, 5.41) is 13.8. The van der Waals surface area contributed by atoms with Crippen LogP contribution in [0, 0.1) is 10.1 Å². The molecule has 10 heteroatoms. The molecule has 8 nitrogen and oxygen atoms in total. The van der Waals surface area contributed by atoms with Gasteiger partial charge in [0, 0.05) is 17.2 Å². The Morgan fingerprint density at radius 3 is 2.77 bits per heavy atom. The number of nitrogens with one attached hydrogen (secondary N) is 1. The van der Waals surface area contributed by atoms with E-state index >= 15 is 0 Å². The molecule has 0 unspecified atom stereocenters. The number of carbonyl (C=O) groups is 2. The molecule has 1 N–H and O–H groups in total. The van der Waals surface area contributed by atoms with Gasteiger partial charge >= 0.3 is 0 Å². The van der Waals surface area contributed by atoms with E-state index in [0.29, 0.717) is 16.5 Å². The van der Waals surface area contributed by atoms with E-state index in [1.54, 1.807) is 12.1 Å². The van der Waals surface area contributed by atoms with Gasteiger partial charge in [0.15, 0.2) is 6.61 Å². The predicted molar refractivity (Wildman–Crippen MR) is 96.0 cm³/mol. The molecule has 0 aromatic heterocycles. The summed E-state index contributed by atoms with van der Waals surface area (Å²) in [5.41, 5.74) is 0.233. The number of hydrogen-bond donors (Lipinski definition) is 1. The topological polar surface area (TPSA) is 102 Å². The molecule has 0 saturated carbocycles. The van der Waals surface area contributed by atoms with Crippen molar-refractivity contribution in [2.75, 3.05) is 23.4 Å². The molecule has 1 aliphatic rings. The zero-order valence-corrected chi connectivity index (χ0v) is 14.6. The summed E-state index contributed by atoms with van der Waals surface area (Å²) in [6.45, 7) is -0.534. The van der Waals surface area contributed by atoms with Crippen LogP contribution in [0.3, 0.4) is 0 Å². The Hall–Kier alpha value is -2.84. The largest absolute Gasteiger partial charge is 0.482 e. The molecule has 26 heavy (non-hydrogen) atoms. The highest BCUT2D eigenvalue weighted by atomic mass is 35.5. The Bertz CT molecular complexity index is 919. The molecule has 0 fully saturated rings. The highest BCUT2D eigenvalue weighted by Gasteiger charge is 2.28. The van der Waals surface area contributed by atoms with Crippen LogP contribution in [0.15, 0.2) is 36.4 Å². The molecule has 0 saturated heterocycles. The maximum Gasteiger partial charge on any atom is 0.271 e. The molecule has 0 radical (unpaired) electrons. The van der Waals surface area contributed by atoms with Gasteiger partial charge in [-0.1, -0.05) is 23.2 Å². The first kappa shape index (κ1) is 18.0.